The second-order valence-electron chi connectivity index (χ2n) is 6.89. The third kappa shape index (κ3) is 3.69. The van der Waals surface area contributed by atoms with Crippen LogP contribution in [-0.2, 0) is 5.60 Å². The van der Waals surface area contributed by atoms with Crippen LogP contribution < -0.4 is 0 Å². The van der Waals surface area contributed by atoms with Gasteiger partial charge in [0.25, 0.3) is 0 Å². The van der Waals surface area contributed by atoms with Gasteiger partial charge in [0, 0.05) is 11.4 Å². The molecule has 0 radical (unpaired) electrons. The molecule has 3 heteroatoms. The topological polar surface area (TPSA) is 23.5 Å². The van der Waals surface area contributed by atoms with Crippen LogP contribution >= 0.6 is 11.3 Å². The van der Waals surface area contributed by atoms with Crippen molar-refractivity contribution in [1.29, 1.82) is 0 Å². The van der Waals surface area contributed by atoms with Crippen molar-refractivity contribution in [2.45, 2.75) is 63.4 Å². The Morgan fingerprint density at radius 3 is 2.48 bits per heavy atom. The van der Waals surface area contributed by atoms with Crippen molar-refractivity contribution < 1.29 is 5.11 Å². The molecule has 3 rings (SSSR count). The van der Waals surface area contributed by atoms with E-state index in [4.69, 9.17) is 0 Å². The van der Waals surface area contributed by atoms with Crippen LogP contribution in [0, 0.1) is 5.92 Å². The van der Waals surface area contributed by atoms with Crippen LogP contribution in [0.1, 0.15) is 62.7 Å². The predicted molar refractivity (Wildman–Crippen MR) is 89.7 cm³/mol. The lowest BCUT2D eigenvalue weighted by Crippen LogP contribution is -2.40. The normalized spacial score (nSPS) is 24.8. The van der Waals surface area contributed by atoms with Crippen LogP contribution in [-0.4, -0.2) is 29.6 Å². The van der Waals surface area contributed by atoms with Gasteiger partial charge in [-0.3, -0.25) is 0 Å². The molecule has 2 fully saturated rings. The standard InChI is InChI=1S/C18H29NOS/c20-18(17-10-7-15-21-17,16-8-3-1-4-9-16)11-14-19-12-5-2-6-13-19/h7,10,15-16,20H,1-6,8-9,11-14H2. The van der Waals surface area contributed by atoms with E-state index in [9.17, 15) is 5.11 Å². The smallest absolute Gasteiger partial charge is 0.103 e. The Labute approximate surface area is 133 Å². The van der Waals surface area contributed by atoms with Crippen molar-refractivity contribution >= 4 is 11.3 Å². The minimum atomic E-state index is -0.577. The summed E-state index contributed by atoms with van der Waals surface area (Å²) in [4.78, 5) is 3.76. The number of piperidine rings is 1. The van der Waals surface area contributed by atoms with Crippen molar-refractivity contribution in [2.75, 3.05) is 19.6 Å². The van der Waals surface area contributed by atoms with Gasteiger partial charge < -0.3 is 10.0 Å². The number of thiophene rings is 1. The van der Waals surface area contributed by atoms with E-state index >= 15 is 0 Å². The van der Waals surface area contributed by atoms with E-state index in [0.29, 0.717) is 5.92 Å². The number of rotatable bonds is 5. The van der Waals surface area contributed by atoms with E-state index in [1.54, 1.807) is 11.3 Å². The first kappa shape index (κ1) is 15.5. The molecule has 118 valence electrons. The molecule has 1 aromatic rings. The molecule has 1 N–H and O–H groups in total. The van der Waals surface area contributed by atoms with Crippen LogP contribution in [0.5, 0.6) is 0 Å². The third-order valence-electron chi connectivity index (χ3n) is 5.49. The average molecular weight is 308 g/mol. The lowest BCUT2D eigenvalue weighted by atomic mass is 9.74. The fourth-order valence-corrected chi connectivity index (χ4v) is 5.08. The molecule has 1 atom stereocenters. The maximum absolute atomic E-state index is 11.5. The van der Waals surface area contributed by atoms with Crippen molar-refractivity contribution in [2.24, 2.45) is 5.92 Å². The summed E-state index contributed by atoms with van der Waals surface area (Å²) in [5.74, 6) is 0.467. The van der Waals surface area contributed by atoms with Gasteiger partial charge >= 0.3 is 0 Å². The van der Waals surface area contributed by atoms with Gasteiger partial charge in [-0.2, -0.15) is 0 Å². The first-order chi connectivity index (χ1) is 10.3. The van der Waals surface area contributed by atoms with E-state index in [0.717, 1.165) is 13.0 Å². The Bertz CT molecular complexity index is 407. The maximum atomic E-state index is 11.5. The SMILES string of the molecule is OC(CCN1CCCCC1)(c1cccs1)C1CCCCC1. The Morgan fingerprint density at radius 2 is 1.81 bits per heavy atom. The van der Waals surface area contributed by atoms with E-state index < -0.39 is 5.60 Å². The average Bonchev–Trinajstić information content (AvgIpc) is 3.09. The monoisotopic (exact) mass is 307 g/mol. The van der Waals surface area contributed by atoms with Crippen molar-refractivity contribution in [3.8, 4) is 0 Å². The zero-order valence-corrected chi connectivity index (χ0v) is 13.9. The molecule has 0 aromatic carbocycles. The Balaban J connectivity index is 1.69. The lowest BCUT2D eigenvalue weighted by molar-refractivity contribution is -0.0498. The Kier molecular flexibility index (Phi) is 5.36. The summed E-state index contributed by atoms with van der Waals surface area (Å²) >= 11 is 1.74. The highest BCUT2D eigenvalue weighted by molar-refractivity contribution is 7.10. The van der Waals surface area contributed by atoms with Gasteiger partial charge in [0.2, 0.25) is 0 Å². The molecule has 2 aliphatic rings. The number of likely N-dealkylation sites (tertiary alicyclic amines) is 1. The molecule has 1 saturated carbocycles. The minimum Gasteiger partial charge on any atom is -0.384 e. The molecule has 1 aliphatic carbocycles. The molecule has 21 heavy (non-hydrogen) atoms. The highest BCUT2D eigenvalue weighted by atomic mass is 32.1. The second-order valence-corrected chi connectivity index (χ2v) is 7.84. The summed E-state index contributed by atoms with van der Waals surface area (Å²) in [7, 11) is 0. The molecule has 2 nitrogen and oxygen atoms in total. The maximum Gasteiger partial charge on any atom is 0.103 e. The molecule has 1 saturated heterocycles. The summed E-state index contributed by atoms with van der Waals surface area (Å²) in [5, 5.41) is 13.6. The lowest BCUT2D eigenvalue weighted by Gasteiger charge is -2.40. The number of hydrogen-bond donors (Lipinski definition) is 1. The van der Waals surface area contributed by atoms with Crippen molar-refractivity contribution in [1.82, 2.24) is 4.90 Å². The van der Waals surface area contributed by atoms with Crippen LogP contribution in [0.2, 0.25) is 0 Å². The van der Waals surface area contributed by atoms with Gasteiger partial charge in [-0.1, -0.05) is 31.7 Å². The molecular formula is C18H29NOS. The summed E-state index contributed by atoms with van der Waals surface area (Å²) < 4.78 is 0. The van der Waals surface area contributed by atoms with Gasteiger partial charge in [-0.05, 0) is 62.6 Å². The molecule has 2 heterocycles. The van der Waals surface area contributed by atoms with Crippen LogP contribution in [0.15, 0.2) is 17.5 Å². The molecule has 1 aliphatic heterocycles. The Hall–Kier alpha value is -0.380. The molecule has 0 amide bonds. The highest BCUT2D eigenvalue weighted by Crippen LogP contribution is 2.43. The van der Waals surface area contributed by atoms with E-state index in [-0.39, 0.29) is 0 Å². The van der Waals surface area contributed by atoms with Gasteiger partial charge in [-0.25, -0.2) is 0 Å². The van der Waals surface area contributed by atoms with Crippen LogP contribution in [0.25, 0.3) is 0 Å². The number of nitrogens with zero attached hydrogens (tertiary/aromatic N) is 1. The third-order valence-corrected chi connectivity index (χ3v) is 6.52. The summed E-state index contributed by atoms with van der Waals surface area (Å²) in [6, 6.07) is 4.24. The van der Waals surface area contributed by atoms with E-state index in [1.165, 1.54) is 69.3 Å². The quantitative estimate of drug-likeness (QED) is 0.872. The fourth-order valence-electron chi connectivity index (χ4n) is 4.15. The van der Waals surface area contributed by atoms with Crippen molar-refractivity contribution in [3.63, 3.8) is 0 Å². The van der Waals surface area contributed by atoms with Gasteiger partial charge in [-0.15, -0.1) is 11.3 Å². The van der Waals surface area contributed by atoms with Gasteiger partial charge in [0.15, 0.2) is 0 Å². The van der Waals surface area contributed by atoms with E-state index in [2.05, 4.69) is 22.4 Å². The number of hydrogen-bond acceptors (Lipinski definition) is 3. The Morgan fingerprint density at radius 1 is 1.10 bits per heavy atom. The summed E-state index contributed by atoms with van der Waals surface area (Å²) in [5.41, 5.74) is -0.577. The predicted octanol–water partition coefficient (Wildman–Crippen LogP) is 4.39. The molecule has 0 bridgehead atoms. The number of aliphatic hydroxyl groups is 1. The van der Waals surface area contributed by atoms with Gasteiger partial charge in [0.1, 0.15) is 5.60 Å². The summed E-state index contributed by atoms with van der Waals surface area (Å²) in [6.07, 6.45) is 11.3. The molecular weight excluding hydrogens is 278 g/mol. The largest absolute Gasteiger partial charge is 0.384 e. The molecule has 0 spiro atoms. The first-order valence-electron chi connectivity index (χ1n) is 8.78. The fraction of sp³-hybridized carbons (Fsp3) is 0.778. The van der Waals surface area contributed by atoms with Crippen LogP contribution in [0.3, 0.4) is 0 Å². The molecule has 1 aromatic heterocycles. The van der Waals surface area contributed by atoms with Crippen molar-refractivity contribution in [3.05, 3.63) is 22.4 Å². The van der Waals surface area contributed by atoms with Gasteiger partial charge in [0.05, 0.1) is 0 Å². The highest BCUT2D eigenvalue weighted by Gasteiger charge is 2.39. The first-order valence-corrected chi connectivity index (χ1v) is 9.66. The van der Waals surface area contributed by atoms with Crippen LogP contribution in [0.4, 0.5) is 0 Å². The zero-order chi connectivity index (χ0) is 14.5. The molecule has 1 unspecified atom stereocenters. The second kappa shape index (κ2) is 7.26. The summed E-state index contributed by atoms with van der Waals surface area (Å²) in [6.45, 7) is 3.52. The van der Waals surface area contributed by atoms with E-state index in [1.807, 2.05) is 0 Å². The minimum absolute atomic E-state index is 0.467. The zero-order valence-electron chi connectivity index (χ0n) is 13.1.